The molecule has 0 atom stereocenters. The SMILES string of the molecule is Nc1ccc(-c2cccc(NC=O)c2)cc1N. The number of nitrogen functional groups attached to an aromatic ring is 2. The van der Waals surface area contributed by atoms with E-state index in [-0.39, 0.29) is 0 Å². The molecule has 0 aliphatic rings. The fourth-order valence-electron chi connectivity index (χ4n) is 1.61. The van der Waals surface area contributed by atoms with Gasteiger partial charge in [-0.3, -0.25) is 4.79 Å². The number of hydrogen-bond donors (Lipinski definition) is 3. The number of nitrogens with one attached hydrogen (secondary N) is 1. The second-order valence-electron chi connectivity index (χ2n) is 3.69. The molecule has 0 saturated heterocycles. The first-order valence-electron chi connectivity index (χ1n) is 5.16. The number of carbonyl (C=O) groups excluding carboxylic acids is 1. The number of rotatable bonds is 3. The molecule has 0 heterocycles. The number of nitrogens with two attached hydrogens (primary N) is 2. The summed E-state index contributed by atoms with van der Waals surface area (Å²) in [6, 6.07) is 13.0. The van der Waals surface area contributed by atoms with Crippen LogP contribution in [0.25, 0.3) is 11.1 Å². The van der Waals surface area contributed by atoms with Gasteiger partial charge in [-0.2, -0.15) is 0 Å². The van der Waals surface area contributed by atoms with Crippen molar-refractivity contribution in [2.75, 3.05) is 16.8 Å². The Kier molecular flexibility index (Phi) is 2.96. The van der Waals surface area contributed by atoms with Gasteiger partial charge in [0.1, 0.15) is 0 Å². The zero-order chi connectivity index (χ0) is 12.3. The molecule has 2 aromatic rings. The van der Waals surface area contributed by atoms with Crippen LogP contribution in [0, 0.1) is 0 Å². The maximum absolute atomic E-state index is 10.4. The quantitative estimate of drug-likeness (QED) is 0.554. The van der Waals surface area contributed by atoms with Crippen LogP contribution < -0.4 is 16.8 Å². The molecule has 0 aromatic heterocycles. The maximum Gasteiger partial charge on any atom is 0.211 e. The Labute approximate surface area is 99.2 Å². The molecule has 17 heavy (non-hydrogen) atoms. The summed E-state index contributed by atoms with van der Waals surface area (Å²) >= 11 is 0. The van der Waals surface area contributed by atoms with Crippen LogP contribution >= 0.6 is 0 Å². The fraction of sp³-hybridized carbons (Fsp3) is 0. The summed E-state index contributed by atoms with van der Waals surface area (Å²) in [5.74, 6) is 0. The average molecular weight is 227 g/mol. The second-order valence-corrected chi connectivity index (χ2v) is 3.69. The van der Waals surface area contributed by atoms with Gasteiger partial charge in [-0.15, -0.1) is 0 Å². The minimum atomic E-state index is 0.552. The third kappa shape index (κ3) is 2.36. The van der Waals surface area contributed by atoms with Crippen molar-refractivity contribution in [3.63, 3.8) is 0 Å². The number of carbonyl (C=O) groups is 1. The summed E-state index contributed by atoms with van der Waals surface area (Å²) < 4.78 is 0. The van der Waals surface area contributed by atoms with E-state index in [0.717, 1.165) is 16.8 Å². The molecule has 1 amide bonds. The van der Waals surface area contributed by atoms with Crippen LogP contribution in [0.5, 0.6) is 0 Å². The summed E-state index contributed by atoms with van der Waals surface area (Å²) in [5, 5.41) is 2.61. The minimum Gasteiger partial charge on any atom is -0.397 e. The lowest BCUT2D eigenvalue weighted by Crippen LogP contribution is -1.95. The molecule has 0 radical (unpaired) electrons. The molecular weight excluding hydrogens is 214 g/mol. The van der Waals surface area contributed by atoms with Gasteiger partial charge in [0, 0.05) is 5.69 Å². The standard InChI is InChI=1S/C13H13N3O/c14-12-5-4-10(7-13(12)15)9-2-1-3-11(6-9)16-8-17/h1-8H,14-15H2,(H,16,17). The molecule has 0 spiro atoms. The third-order valence-electron chi connectivity index (χ3n) is 2.51. The number of hydrogen-bond acceptors (Lipinski definition) is 3. The van der Waals surface area contributed by atoms with Crippen molar-refractivity contribution in [2.24, 2.45) is 0 Å². The van der Waals surface area contributed by atoms with Crippen LogP contribution in [-0.2, 0) is 4.79 Å². The molecular formula is C13H13N3O. The van der Waals surface area contributed by atoms with Gasteiger partial charge in [-0.05, 0) is 35.4 Å². The number of benzene rings is 2. The molecule has 2 aromatic carbocycles. The predicted molar refractivity (Wildman–Crippen MR) is 70.4 cm³/mol. The first kappa shape index (κ1) is 11.0. The van der Waals surface area contributed by atoms with E-state index in [1.807, 2.05) is 36.4 Å². The summed E-state index contributed by atoms with van der Waals surface area (Å²) in [7, 11) is 0. The van der Waals surface area contributed by atoms with Crippen LogP contribution in [0.2, 0.25) is 0 Å². The lowest BCUT2D eigenvalue weighted by Gasteiger charge is -2.07. The van der Waals surface area contributed by atoms with E-state index in [0.29, 0.717) is 17.8 Å². The molecule has 0 unspecified atom stereocenters. The van der Waals surface area contributed by atoms with Crippen molar-refractivity contribution in [1.29, 1.82) is 0 Å². The van der Waals surface area contributed by atoms with E-state index in [4.69, 9.17) is 11.5 Å². The molecule has 0 saturated carbocycles. The topological polar surface area (TPSA) is 81.1 Å². The van der Waals surface area contributed by atoms with Gasteiger partial charge in [0.05, 0.1) is 11.4 Å². The summed E-state index contributed by atoms with van der Waals surface area (Å²) in [6.45, 7) is 0. The van der Waals surface area contributed by atoms with Crippen molar-refractivity contribution in [3.8, 4) is 11.1 Å². The molecule has 4 heteroatoms. The number of anilines is 3. The molecule has 5 N–H and O–H groups in total. The third-order valence-corrected chi connectivity index (χ3v) is 2.51. The van der Waals surface area contributed by atoms with Crippen LogP contribution in [0.15, 0.2) is 42.5 Å². The van der Waals surface area contributed by atoms with E-state index in [9.17, 15) is 4.79 Å². The van der Waals surface area contributed by atoms with Crippen molar-refractivity contribution < 1.29 is 4.79 Å². The fourth-order valence-corrected chi connectivity index (χ4v) is 1.61. The highest BCUT2D eigenvalue weighted by atomic mass is 16.1. The lowest BCUT2D eigenvalue weighted by molar-refractivity contribution is -0.105. The van der Waals surface area contributed by atoms with Crippen molar-refractivity contribution >= 4 is 23.5 Å². The van der Waals surface area contributed by atoms with Crippen LogP contribution in [0.4, 0.5) is 17.1 Å². The molecule has 4 nitrogen and oxygen atoms in total. The highest BCUT2D eigenvalue weighted by Crippen LogP contribution is 2.26. The Bertz CT molecular complexity index is 552. The molecule has 0 aliphatic heterocycles. The Morgan fingerprint density at radius 3 is 2.41 bits per heavy atom. The molecule has 0 bridgehead atoms. The van der Waals surface area contributed by atoms with Crippen molar-refractivity contribution in [2.45, 2.75) is 0 Å². The van der Waals surface area contributed by atoms with Gasteiger partial charge in [0.2, 0.25) is 6.41 Å². The first-order chi connectivity index (χ1) is 8.20. The predicted octanol–water partition coefficient (Wildman–Crippen LogP) is 2.09. The van der Waals surface area contributed by atoms with Gasteiger partial charge < -0.3 is 16.8 Å². The average Bonchev–Trinajstić information content (AvgIpc) is 2.33. The summed E-state index contributed by atoms with van der Waals surface area (Å²) in [6.07, 6.45) is 0.649. The monoisotopic (exact) mass is 227 g/mol. The van der Waals surface area contributed by atoms with Gasteiger partial charge in [-0.1, -0.05) is 18.2 Å². The van der Waals surface area contributed by atoms with E-state index in [1.165, 1.54) is 0 Å². The van der Waals surface area contributed by atoms with Gasteiger partial charge >= 0.3 is 0 Å². The van der Waals surface area contributed by atoms with Gasteiger partial charge in [0.25, 0.3) is 0 Å². The maximum atomic E-state index is 10.4. The van der Waals surface area contributed by atoms with E-state index >= 15 is 0 Å². The Hall–Kier alpha value is -2.49. The minimum absolute atomic E-state index is 0.552. The normalized spacial score (nSPS) is 9.88. The summed E-state index contributed by atoms with van der Waals surface area (Å²) in [4.78, 5) is 10.4. The van der Waals surface area contributed by atoms with Gasteiger partial charge in [0.15, 0.2) is 0 Å². The van der Waals surface area contributed by atoms with E-state index in [1.54, 1.807) is 6.07 Å². The second kappa shape index (κ2) is 4.57. The number of amides is 1. The van der Waals surface area contributed by atoms with Crippen LogP contribution in [-0.4, -0.2) is 6.41 Å². The van der Waals surface area contributed by atoms with Crippen LogP contribution in [0.3, 0.4) is 0 Å². The van der Waals surface area contributed by atoms with E-state index < -0.39 is 0 Å². The van der Waals surface area contributed by atoms with Crippen LogP contribution in [0.1, 0.15) is 0 Å². The zero-order valence-electron chi connectivity index (χ0n) is 9.18. The Morgan fingerprint density at radius 1 is 0.941 bits per heavy atom. The van der Waals surface area contributed by atoms with Crippen molar-refractivity contribution in [1.82, 2.24) is 0 Å². The Balaban J connectivity index is 2.41. The van der Waals surface area contributed by atoms with E-state index in [2.05, 4.69) is 5.32 Å². The smallest absolute Gasteiger partial charge is 0.211 e. The zero-order valence-corrected chi connectivity index (χ0v) is 9.18. The molecule has 86 valence electrons. The molecule has 2 rings (SSSR count). The Morgan fingerprint density at radius 2 is 1.71 bits per heavy atom. The first-order valence-corrected chi connectivity index (χ1v) is 5.16. The molecule has 0 fully saturated rings. The van der Waals surface area contributed by atoms with Crippen molar-refractivity contribution in [3.05, 3.63) is 42.5 Å². The largest absolute Gasteiger partial charge is 0.397 e. The highest BCUT2D eigenvalue weighted by molar-refractivity contribution is 5.79. The van der Waals surface area contributed by atoms with Gasteiger partial charge in [-0.25, -0.2) is 0 Å². The highest BCUT2D eigenvalue weighted by Gasteiger charge is 2.01. The molecule has 0 aliphatic carbocycles. The summed E-state index contributed by atoms with van der Waals surface area (Å²) in [5.41, 5.74) is 15.2. The lowest BCUT2D eigenvalue weighted by atomic mass is 10.0.